The Bertz CT molecular complexity index is 929. The van der Waals surface area contributed by atoms with Crippen molar-refractivity contribution in [2.45, 2.75) is 13.5 Å². The van der Waals surface area contributed by atoms with Gasteiger partial charge in [0.1, 0.15) is 11.4 Å². The van der Waals surface area contributed by atoms with E-state index in [1.165, 1.54) is 30.3 Å². The summed E-state index contributed by atoms with van der Waals surface area (Å²) in [6.45, 7) is 2.12. The van der Waals surface area contributed by atoms with Crippen LogP contribution in [-0.4, -0.2) is 5.91 Å². The van der Waals surface area contributed by atoms with Gasteiger partial charge in [0.2, 0.25) is 0 Å². The quantitative estimate of drug-likeness (QED) is 0.756. The van der Waals surface area contributed by atoms with Gasteiger partial charge in [0.25, 0.3) is 5.91 Å². The van der Waals surface area contributed by atoms with Crippen LogP contribution in [0.25, 0.3) is 11.0 Å². The molecule has 23 heavy (non-hydrogen) atoms. The summed E-state index contributed by atoms with van der Waals surface area (Å²) in [4.78, 5) is 23.7. The van der Waals surface area contributed by atoms with E-state index in [4.69, 9.17) is 4.42 Å². The van der Waals surface area contributed by atoms with Crippen LogP contribution in [0.3, 0.4) is 0 Å². The highest BCUT2D eigenvalue weighted by Gasteiger charge is 2.09. The van der Waals surface area contributed by atoms with E-state index < -0.39 is 11.4 Å². The first-order valence-corrected chi connectivity index (χ1v) is 7.10. The van der Waals surface area contributed by atoms with Gasteiger partial charge in [0.05, 0.1) is 0 Å². The Morgan fingerprint density at radius 1 is 1.13 bits per heavy atom. The third kappa shape index (κ3) is 3.29. The molecule has 0 fully saturated rings. The summed E-state index contributed by atoms with van der Waals surface area (Å²) in [5, 5.41) is 3.51. The molecule has 1 amide bonds. The van der Waals surface area contributed by atoms with E-state index >= 15 is 0 Å². The van der Waals surface area contributed by atoms with E-state index in [1.54, 1.807) is 6.07 Å². The second-order valence-corrected chi connectivity index (χ2v) is 5.28. The summed E-state index contributed by atoms with van der Waals surface area (Å²) in [6.07, 6.45) is 0. The molecule has 0 atom stereocenters. The lowest BCUT2D eigenvalue weighted by Crippen LogP contribution is -2.23. The van der Waals surface area contributed by atoms with Crippen molar-refractivity contribution >= 4 is 16.9 Å². The highest BCUT2D eigenvalue weighted by atomic mass is 19.1. The van der Waals surface area contributed by atoms with Crippen LogP contribution in [0.4, 0.5) is 4.39 Å². The van der Waals surface area contributed by atoms with Crippen molar-refractivity contribution < 1.29 is 13.6 Å². The van der Waals surface area contributed by atoms with Crippen molar-refractivity contribution in [3.05, 3.63) is 81.5 Å². The molecule has 0 radical (unpaired) electrons. The molecule has 0 aliphatic rings. The van der Waals surface area contributed by atoms with Gasteiger partial charge in [-0.15, -0.1) is 0 Å². The number of fused-ring (bicyclic) bond motifs is 1. The van der Waals surface area contributed by atoms with E-state index in [-0.39, 0.29) is 12.5 Å². The highest BCUT2D eigenvalue weighted by molar-refractivity contribution is 5.94. The molecule has 3 aromatic rings. The van der Waals surface area contributed by atoms with Gasteiger partial charge in [-0.2, -0.15) is 0 Å². The van der Waals surface area contributed by atoms with Gasteiger partial charge in [-0.25, -0.2) is 9.18 Å². The summed E-state index contributed by atoms with van der Waals surface area (Å²) in [7, 11) is 0. The number of hydrogen-bond acceptors (Lipinski definition) is 3. The van der Waals surface area contributed by atoms with Crippen molar-refractivity contribution in [3.8, 4) is 0 Å². The van der Waals surface area contributed by atoms with Crippen molar-refractivity contribution in [2.24, 2.45) is 0 Å². The normalized spacial score (nSPS) is 10.7. The molecule has 4 nitrogen and oxygen atoms in total. The minimum Gasteiger partial charge on any atom is -0.423 e. The molecule has 0 unspecified atom stereocenters. The van der Waals surface area contributed by atoms with Gasteiger partial charge in [-0.1, -0.05) is 11.6 Å². The zero-order valence-electron chi connectivity index (χ0n) is 12.4. The van der Waals surface area contributed by atoms with E-state index in [0.717, 1.165) is 10.9 Å². The molecular formula is C18H14FNO3. The monoisotopic (exact) mass is 311 g/mol. The Morgan fingerprint density at radius 3 is 2.61 bits per heavy atom. The Kier molecular flexibility index (Phi) is 3.93. The fraction of sp³-hybridized carbons (Fsp3) is 0.111. The second-order valence-electron chi connectivity index (χ2n) is 5.28. The molecule has 116 valence electrons. The minimum absolute atomic E-state index is 0.182. The van der Waals surface area contributed by atoms with Crippen molar-refractivity contribution in [1.82, 2.24) is 5.32 Å². The van der Waals surface area contributed by atoms with Crippen molar-refractivity contribution in [2.75, 3.05) is 0 Å². The molecule has 1 heterocycles. The van der Waals surface area contributed by atoms with Crippen LogP contribution in [0.1, 0.15) is 21.5 Å². The van der Waals surface area contributed by atoms with E-state index in [9.17, 15) is 14.0 Å². The molecule has 3 rings (SSSR count). The van der Waals surface area contributed by atoms with Crippen molar-refractivity contribution in [3.63, 3.8) is 0 Å². The average molecular weight is 311 g/mol. The van der Waals surface area contributed by atoms with Crippen LogP contribution in [0.5, 0.6) is 0 Å². The average Bonchev–Trinajstić information content (AvgIpc) is 2.53. The van der Waals surface area contributed by atoms with Gasteiger partial charge in [0.15, 0.2) is 0 Å². The number of carbonyl (C=O) groups is 1. The third-order valence-corrected chi connectivity index (χ3v) is 3.53. The first-order valence-electron chi connectivity index (χ1n) is 7.10. The van der Waals surface area contributed by atoms with Crippen LogP contribution < -0.4 is 10.9 Å². The maximum absolute atomic E-state index is 12.9. The van der Waals surface area contributed by atoms with E-state index in [2.05, 4.69) is 5.32 Å². The largest absolute Gasteiger partial charge is 0.423 e. The molecule has 2 aromatic carbocycles. The molecule has 5 heteroatoms. The topological polar surface area (TPSA) is 59.3 Å². The lowest BCUT2D eigenvalue weighted by molar-refractivity contribution is 0.0951. The second kappa shape index (κ2) is 6.04. The number of halogens is 1. The van der Waals surface area contributed by atoms with E-state index in [0.29, 0.717) is 16.7 Å². The number of aryl methyl sites for hydroxylation is 1. The summed E-state index contributed by atoms with van der Waals surface area (Å²) in [6, 6.07) is 12.1. The molecular weight excluding hydrogens is 297 g/mol. The van der Waals surface area contributed by atoms with Crippen LogP contribution in [0.2, 0.25) is 0 Å². The van der Waals surface area contributed by atoms with Gasteiger partial charge >= 0.3 is 5.63 Å². The highest BCUT2D eigenvalue weighted by Crippen LogP contribution is 2.18. The third-order valence-electron chi connectivity index (χ3n) is 3.53. The fourth-order valence-corrected chi connectivity index (χ4v) is 2.37. The Morgan fingerprint density at radius 2 is 1.87 bits per heavy atom. The molecule has 0 saturated heterocycles. The van der Waals surface area contributed by atoms with Gasteiger partial charge in [-0.05, 0) is 48.9 Å². The van der Waals surface area contributed by atoms with Gasteiger partial charge in [-0.3, -0.25) is 4.79 Å². The predicted octanol–water partition coefficient (Wildman–Crippen LogP) is 3.17. The number of rotatable bonds is 3. The molecule has 0 aliphatic heterocycles. The van der Waals surface area contributed by atoms with E-state index in [1.807, 2.05) is 19.1 Å². The zero-order valence-corrected chi connectivity index (χ0v) is 12.4. The Balaban J connectivity index is 1.86. The molecule has 1 N–H and O–H groups in total. The lowest BCUT2D eigenvalue weighted by atomic mass is 10.1. The smallest absolute Gasteiger partial charge is 0.336 e. The SMILES string of the molecule is Cc1ccc2oc(=O)cc(CNC(=O)c3ccc(F)cc3)c2c1. The summed E-state index contributed by atoms with van der Waals surface area (Å²) < 4.78 is 18.0. The molecule has 0 aliphatic carbocycles. The van der Waals surface area contributed by atoms with Gasteiger partial charge < -0.3 is 9.73 Å². The van der Waals surface area contributed by atoms with Crippen LogP contribution >= 0.6 is 0 Å². The Labute approximate surface area is 131 Å². The van der Waals surface area contributed by atoms with Crippen molar-refractivity contribution in [1.29, 1.82) is 0 Å². The number of carbonyl (C=O) groups excluding carboxylic acids is 1. The molecule has 0 spiro atoms. The lowest BCUT2D eigenvalue weighted by Gasteiger charge is -2.08. The zero-order chi connectivity index (χ0) is 16.4. The van der Waals surface area contributed by atoms with Crippen LogP contribution in [0.15, 0.2) is 57.7 Å². The minimum atomic E-state index is -0.465. The predicted molar refractivity (Wildman–Crippen MR) is 84.8 cm³/mol. The van der Waals surface area contributed by atoms with Crippen LogP contribution in [0, 0.1) is 12.7 Å². The number of nitrogens with one attached hydrogen (secondary N) is 1. The number of amides is 1. The van der Waals surface area contributed by atoms with Crippen LogP contribution in [-0.2, 0) is 6.54 Å². The van der Waals surface area contributed by atoms with Gasteiger partial charge in [0, 0.05) is 23.6 Å². The molecule has 0 saturated carbocycles. The maximum Gasteiger partial charge on any atom is 0.336 e. The number of benzene rings is 2. The Hall–Kier alpha value is -2.95. The maximum atomic E-state index is 12.9. The summed E-state index contributed by atoms with van der Waals surface area (Å²) in [5.74, 6) is -0.734. The summed E-state index contributed by atoms with van der Waals surface area (Å²) in [5.41, 5.74) is 2.07. The first-order chi connectivity index (χ1) is 11.0. The summed E-state index contributed by atoms with van der Waals surface area (Å²) >= 11 is 0. The molecule has 1 aromatic heterocycles. The number of hydrogen-bond donors (Lipinski definition) is 1. The fourth-order valence-electron chi connectivity index (χ4n) is 2.37. The molecule has 0 bridgehead atoms. The first kappa shape index (κ1) is 15.0. The standard InChI is InChI=1S/C18H14FNO3/c1-11-2-7-16-15(8-11)13(9-17(21)23-16)10-20-18(22)12-3-5-14(19)6-4-12/h2-9H,10H2,1H3,(H,20,22).